The summed E-state index contributed by atoms with van der Waals surface area (Å²) in [5, 5.41) is 8.92. The minimum absolute atomic E-state index is 0.0259. The highest BCUT2D eigenvalue weighted by Crippen LogP contribution is 2.31. The van der Waals surface area contributed by atoms with Gasteiger partial charge in [-0.15, -0.1) is 0 Å². The highest BCUT2D eigenvalue weighted by atomic mass is 16.4. The molecule has 6 heteroatoms. The van der Waals surface area contributed by atoms with Gasteiger partial charge < -0.3 is 14.9 Å². The number of carboxylic acids is 1. The number of carbonyl (C=O) groups is 3. The summed E-state index contributed by atoms with van der Waals surface area (Å²) in [5.41, 5.74) is 0. The number of nitrogens with zero attached hydrogens (tertiary/aromatic N) is 2. The van der Waals surface area contributed by atoms with Crippen LogP contribution >= 0.6 is 0 Å². The Bertz CT molecular complexity index is 501. The molecule has 1 saturated carbocycles. The number of aliphatic carboxylic acids is 1. The normalized spacial score (nSPS) is 28.6. The average Bonchev–Trinajstić information content (AvgIpc) is 3.21. The fourth-order valence-electron chi connectivity index (χ4n) is 4.58. The van der Waals surface area contributed by atoms with Crippen molar-refractivity contribution in [2.24, 2.45) is 5.92 Å². The van der Waals surface area contributed by atoms with Gasteiger partial charge in [-0.3, -0.25) is 14.4 Å². The van der Waals surface area contributed by atoms with E-state index in [0.29, 0.717) is 32.0 Å². The minimum Gasteiger partial charge on any atom is -0.481 e. The predicted molar refractivity (Wildman–Crippen MR) is 88.3 cm³/mol. The molecule has 6 nitrogen and oxygen atoms in total. The second-order valence-corrected chi connectivity index (χ2v) is 7.50. The van der Waals surface area contributed by atoms with E-state index in [1.165, 1.54) is 12.8 Å². The Morgan fingerprint density at radius 3 is 2.50 bits per heavy atom. The second-order valence-electron chi connectivity index (χ2n) is 7.50. The van der Waals surface area contributed by atoms with Crippen molar-refractivity contribution in [3.8, 4) is 0 Å². The monoisotopic (exact) mass is 336 g/mol. The van der Waals surface area contributed by atoms with E-state index in [4.69, 9.17) is 5.11 Å². The zero-order valence-corrected chi connectivity index (χ0v) is 14.3. The van der Waals surface area contributed by atoms with Crippen LogP contribution in [0.4, 0.5) is 0 Å². The van der Waals surface area contributed by atoms with Crippen LogP contribution in [0.1, 0.15) is 64.2 Å². The number of hydrogen-bond donors (Lipinski definition) is 1. The van der Waals surface area contributed by atoms with E-state index in [0.717, 1.165) is 32.1 Å². The van der Waals surface area contributed by atoms with E-state index < -0.39 is 5.97 Å². The third kappa shape index (κ3) is 3.73. The molecule has 2 aliphatic heterocycles. The predicted octanol–water partition coefficient (Wildman–Crippen LogP) is 2.02. The third-order valence-electron chi connectivity index (χ3n) is 5.87. The Labute approximate surface area is 143 Å². The first-order valence-corrected chi connectivity index (χ1v) is 9.38. The minimum atomic E-state index is -0.809. The molecule has 134 valence electrons. The van der Waals surface area contributed by atoms with Crippen molar-refractivity contribution >= 4 is 17.8 Å². The molecule has 0 unspecified atom stereocenters. The first-order valence-electron chi connectivity index (χ1n) is 9.38. The molecular weight excluding hydrogens is 308 g/mol. The van der Waals surface area contributed by atoms with Crippen LogP contribution in [0.2, 0.25) is 0 Å². The number of rotatable bonds is 5. The van der Waals surface area contributed by atoms with E-state index in [1.807, 2.05) is 9.80 Å². The summed E-state index contributed by atoms with van der Waals surface area (Å²) in [6, 6.07) is 0.359. The maximum Gasteiger partial charge on any atom is 0.303 e. The molecule has 0 aromatic heterocycles. The van der Waals surface area contributed by atoms with Gasteiger partial charge in [-0.2, -0.15) is 0 Å². The van der Waals surface area contributed by atoms with Gasteiger partial charge in [0.25, 0.3) is 0 Å². The van der Waals surface area contributed by atoms with Gasteiger partial charge >= 0.3 is 5.97 Å². The molecule has 0 spiro atoms. The van der Waals surface area contributed by atoms with Gasteiger partial charge in [0, 0.05) is 38.0 Å². The van der Waals surface area contributed by atoms with Gasteiger partial charge in [-0.1, -0.05) is 12.8 Å². The second kappa shape index (κ2) is 7.53. The van der Waals surface area contributed by atoms with E-state index in [1.54, 1.807) is 0 Å². The molecular formula is C18H28N2O4. The van der Waals surface area contributed by atoms with Crippen LogP contribution in [0.3, 0.4) is 0 Å². The van der Waals surface area contributed by atoms with Crippen molar-refractivity contribution in [1.82, 2.24) is 9.80 Å². The van der Waals surface area contributed by atoms with Gasteiger partial charge in [-0.05, 0) is 38.5 Å². The van der Waals surface area contributed by atoms with Crippen LogP contribution in [-0.4, -0.2) is 57.9 Å². The Kier molecular flexibility index (Phi) is 5.41. The van der Waals surface area contributed by atoms with Crippen LogP contribution in [0.5, 0.6) is 0 Å². The molecule has 3 rings (SSSR count). The lowest BCUT2D eigenvalue weighted by atomic mass is 9.95. The Morgan fingerprint density at radius 1 is 1.08 bits per heavy atom. The number of carboxylic acid groups (broad SMARTS) is 1. The molecule has 2 atom stereocenters. The molecule has 0 bridgehead atoms. The van der Waals surface area contributed by atoms with Gasteiger partial charge in [0.15, 0.2) is 0 Å². The Balaban J connectivity index is 1.61. The van der Waals surface area contributed by atoms with Crippen molar-refractivity contribution in [1.29, 1.82) is 0 Å². The van der Waals surface area contributed by atoms with Crippen molar-refractivity contribution in [3.05, 3.63) is 0 Å². The van der Waals surface area contributed by atoms with Gasteiger partial charge in [-0.25, -0.2) is 0 Å². The van der Waals surface area contributed by atoms with Crippen LogP contribution in [-0.2, 0) is 14.4 Å². The van der Waals surface area contributed by atoms with Gasteiger partial charge in [0.1, 0.15) is 0 Å². The maximum absolute atomic E-state index is 13.0. The number of piperidine rings is 1. The maximum atomic E-state index is 13.0. The van der Waals surface area contributed by atoms with Crippen molar-refractivity contribution in [2.75, 3.05) is 13.1 Å². The first kappa shape index (κ1) is 17.2. The summed E-state index contributed by atoms with van der Waals surface area (Å²) in [4.78, 5) is 40.0. The smallest absolute Gasteiger partial charge is 0.303 e. The Hall–Kier alpha value is -1.59. The zero-order chi connectivity index (χ0) is 17.1. The standard InChI is InChI=1S/C18H28N2O4/c21-16-11-13(12-20(16)14-5-1-2-6-14)18(24)19-10-4-3-7-15(19)8-9-17(22)23/h13-15H,1-12H2,(H,22,23)/t13-,15-/m0/s1. The fourth-order valence-corrected chi connectivity index (χ4v) is 4.58. The molecule has 0 aromatic carbocycles. The van der Waals surface area contributed by atoms with Crippen LogP contribution < -0.4 is 0 Å². The van der Waals surface area contributed by atoms with E-state index in [9.17, 15) is 14.4 Å². The van der Waals surface area contributed by atoms with Crippen LogP contribution in [0.15, 0.2) is 0 Å². The van der Waals surface area contributed by atoms with Crippen molar-refractivity contribution < 1.29 is 19.5 Å². The molecule has 2 heterocycles. The van der Waals surface area contributed by atoms with Gasteiger partial charge in [0.2, 0.25) is 11.8 Å². The lowest BCUT2D eigenvalue weighted by molar-refractivity contribution is -0.142. The summed E-state index contributed by atoms with van der Waals surface area (Å²) in [6.45, 7) is 1.27. The van der Waals surface area contributed by atoms with Crippen LogP contribution in [0, 0.1) is 5.92 Å². The molecule has 1 aliphatic carbocycles. The summed E-state index contributed by atoms with van der Waals surface area (Å²) in [7, 11) is 0. The summed E-state index contributed by atoms with van der Waals surface area (Å²) in [5.74, 6) is -0.849. The summed E-state index contributed by atoms with van der Waals surface area (Å²) < 4.78 is 0. The molecule has 0 radical (unpaired) electrons. The molecule has 2 saturated heterocycles. The number of carbonyl (C=O) groups excluding carboxylic acids is 2. The zero-order valence-electron chi connectivity index (χ0n) is 14.3. The van der Waals surface area contributed by atoms with E-state index >= 15 is 0 Å². The third-order valence-corrected chi connectivity index (χ3v) is 5.87. The average molecular weight is 336 g/mol. The first-order chi connectivity index (χ1) is 11.6. The molecule has 24 heavy (non-hydrogen) atoms. The van der Waals surface area contributed by atoms with E-state index in [2.05, 4.69) is 0 Å². The molecule has 0 aromatic rings. The summed E-state index contributed by atoms with van der Waals surface area (Å²) >= 11 is 0. The van der Waals surface area contributed by atoms with Crippen molar-refractivity contribution in [2.45, 2.75) is 76.3 Å². The van der Waals surface area contributed by atoms with Crippen LogP contribution in [0.25, 0.3) is 0 Å². The number of likely N-dealkylation sites (tertiary alicyclic amines) is 2. The van der Waals surface area contributed by atoms with Crippen molar-refractivity contribution in [3.63, 3.8) is 0 Å². The van der Waals surface area contributed by atoms with E-state index in [-0.39, 0.29) is 30.2 Å². The fraction of sp³-hybridized carbons (Fsp3) is 0.833. The summed E-state index contributed by atoms with van der Waals surface area (Å²) in [6.07, 6.45) is 8.35. The largest absolute Gasteiger partial charge is 0.481 e. The molecule has 1 N–H and O–H groups in total. The highest BCUT2D eigenvalue weighted by Gasteiger charge is 2.41. The SMILES string of the molecule is O=C(O)CC[C@@H]1CCCCN1C(=O)[C@H]1CC(=O)N(C2CCCC2)C1. The quantitative estimate of drug-likeness (QED) is 0.833. The molecule has 3 aliphatic rings. The van der Waals surface area contributed by atoms with Gasteiger partial charge in [0.05, 0.1) is 5.92 Å². The lowest BCUT2D eigenvalue weighted by Crippen LogP contribution is -2.47. The topological polar surface area (TPSA) is 77.9 Å². The molecule has 2 amide bonds. The Morgan fingerprint density at radius 2 is 1.79 bits per heavy atom. The number of hydrogen-bond acceptors (Lipinski definition) is 3. The number of amides is 2. The molecule has 3 fully saturated rings. The lowest BCUT2D eigenvalue weighted by Gasteiger charge is -2.37. The highest BCUT2D eigenvalue weighted by molar-refractivity contribution is 5.89.